The molecule has 1 rings (SSSR count). The minimum atomic E-state index is 0.727. The van der Waals surface area contributed by atoms with Crippen molar-refractivity contribution in [2.45, 2.75) is 48.0 Å². The molecule has 0 aliphatic heterocycles. The topological polar surface area (TPSA) is 0 Å². The molecule has 1 atom stereocenters. The first-order valence-electron chi connectivity index (χ1n) is 5.35. The highest BCUT2D eigenvalue weighted by Crippen LogP contribution is 2.41. The Hall–Kier alpha value is -0.520. The van der Waals surface area contributed by atoms with Crippen LogP contribution >= 0.6 is 0 Å². The van der Waals surface area contributed by atoms with E-state index in [0.29, 0.717) is 0 Å². The summed E-state index contributed by atoms with van der Waals surface area (Å²) in [6, 6.07) is 0. The average molecular weight is 178 g/mol. The van der Waals surface area contributed by atoms with Crippen molar-refractivity contribution in [1.82, 2.24) is 0 Å². The van der Waals surface area contributed by atoms with Crippen LogP contribution in [0.3, 0.4) is 0 Å². The molecule has 1 aliphatic carbocycles. The van der Waals surface area contributed by atoms with Crippen molar-refractivity contribution in [2.24, 2.45) is 11.8 Å². The highest BCUT2D eigenvalue weighted by Gasteiger charge is 2.27. The number of rotatable bonds is 2. The van der Waals surface area contributed by atoms with Crippen molar-refractivity contribution in [1.29, 1.82) is 0 Å². The molecule has 0 nitrogen and oxygen atoms in total. The molecule has 0 N–H and O–H groups in total. The molecule has 0 amide bonds. The summed E-state index contributed by atoms with van der Waals surface area (Å²) in [6.45, 7) is 13.8. The predicted octanol–water partition coefficient (Wildman–Crippen LogP) is 4.34. The molecule has 0 aromatic carbocycles. The van der Waals surface area contributed by atoms with Gasteiger partial charge in [0, 0.05) is 5.92 Å². The maximum Gasteiger partial charge on any atom is 0.00386 e. The van der Waals surface area contributed by atoms with E-state index in [0.717, 1.165) is 11.8 Å². The maximum atomic E-state index is 2.36. The van der Waals surface area contributed by atoms with E-state index in [4.69, 9.17) is 0 Å². The van der Waals surface area contributed by atoms with Crippen LogP contribution < -0.4 is 0 Å². The van der Waals surface area contributed by atoms with E-state index < -0.39 is 0 Å². The van der Waals surface area contributed by atoms with Crippen molar-refractivity contribution in [2.75, 3.05) is 0 Å². The van der Waals surface area contributed by atoms with E-state index in [1.54, 1.807) is 11.1 Å². The third-order valence-electron chi connectivity index (χ3n) is 3.89. The van der Waals surface area contributed by atoms with E-state index in [2.05, 4.69) is 41.5 Å². The van der Waals surface area contributed by atoms with Gasteiger partial charge in [0.2, 0.25) is 0 Å². The Balaban J connectivity index is 3.02. The van der Waals surface area contributed by atoms with Gasteiger partial charge >= 0.3 is 0 Å². The quantitative estimate of drug-likeness (QED) is 0.590. The van der Waals surface area contributed by atoms with Gasteiger partial charge in [0.1, 0.15) is 0 Å². The first-order valence-corrected chi connectivity index (χ1v) is 5.35. The van der Waals surface area contributed by atoms with Gasteiger partial charge in [-0.1, -0.05) is 31.4 Å². The van der Waals surface area contributed by atoms with E-state index >= 15 is 0 Å². The summed E-state index contributed by atoms with van der Waals surface area (Å²) < 4.78 is 0. The highest BCUT2D eigenvalue weighted by atomic mass is 14.3. The fourth-order valence-corrected chi connectivity index (χ4v) is 2.47. The molecular formula is C13H22. The molecule has 0 aromatic rings. The Morgan fingerprint density at radius 1 is 1.00 bits per heavy atom. The molecule has 1 aliphatic rings. The molecule has 0 saturated heterocycles. The Labute approximate surface area is 82.7 Å². The summed E-state index contributed by atoms with van der Waals surface area (Å²) in [7, 11) is 0. The van der Waals surface area contributed by atoms with Gasteiger partial charge < -0.3 is 0 Å². The Morgan fingerprint density at radius 3 is 1.69 bits per heavy atom. The van der Waals surface area contributed by atoms with Crippen LogP contribution in [0.5, 0.6) is 0 Å². The summed E-state index contributed by atoms with van der Waals surface area (Å²) in [5, 5.41) is 0. The number of hydrogen-bond donors (Lipinski definition) is 0. The third kappa shape index (κ3) is 1.59. The lowest BCUT2D eigenvalue weighted by atomic mass is 9.83. The highest BCUT2D eigenvalue weighted by molar-refractivity contribution is 5.46. The minimum absolute atomic E-state index is 0.727. The second-order valence-electron chi connectivity index (χ2n) is 4.48. The summed E-state index contributed by atoms with van der Waals surface area (Å²) in [6.07, 6.45) is 1.28. The smallest absolute Gasteiger partial charge is 0.00386 e. The van der Waals surface area contributed by atoms with Crippen LogP contribution in [0.1, 0.15) is 48.0 Å². The van der Waals surface area contributed by atoms with Crippen LogP contribution in [0.25, 0.3) is 0 Å². The van der Waals surface area contributed by atoms with Gasteiger partial charge in [0.25, 0.3) is 0 Å². The van der Waals surface area contributed by atoms with Gasteiger partial charge in [-0.3, -0.25) is 0 Å². The normalized spacial score (nSPS) is 21.7. The van der Waals surface area contributed by atoms with Crippen molar-refractivity contribution in [3.05, 3.63) is 22.3 Å². The number of allylic oxidation sites excluding steroid dienone is 4. The number of hydrogen-bond acceptors (Lipinski definition) is 0. The van der Waals surface area contributed by atoms with Gasteiger partial charge in [0.05, 0.1) is 0 Å². The summed E-state index contributed by atoms with van der Waals surface area (Å²) in [5.41, 5.74) is 6.26. The standard InChI is InChI=1S/C13H22/c1-7-8(2)13-11(5)9(3)10(4)12(13)6/h8,13H,7H2,1-6H3. The SMILES string of the molecule is CCC(C)C1C(C)=C(C)C(C)=C1C. The summed E-state index contributed by atoms with van der Waals surface area (Å²) in [4.78, 5) is 0. The van der Waals surface area contributed by atoms with Crippen LogP contribution in [0.2, 0.25) is 0 Å². The molecule has 0 heterocycles. The molecule has 0 aromatic heterocycles. The zero-order valence-corrected chi connectivity index (χ0v) is 9.86. The lowest BCUT2D eigenvalue weighted by Crippen LogP contribution is -2.11. The monoisotopic (exact) mass is 178 g/mol. The molecule has 0 saturated carbocycles. The van der Waals surface area contributed by atoms with Gasteiger partial charge in [-0.15, -0.1) is 0 Å². The van der Waals surface area contributed by atoms with Gasteiger partial charge in [-0.25, -0.2) is 0 Å². The molecule has 0 radical (unpaired) electrons. The molecule has 0 fully saturated rings. The molecule has 13 heavy (non-hydrogen) atoms. The van der Waals surface area contributed by atoms with E-state index in [1.165, 1.54) is 17.6 Å². The predicted molar refractivity (Wildman–Crippen MR) is 59.7 cm³/mol. The first-order chi connectivity index (χ1) is 6.00. The Morgan fingerprint density at radius 2 is 1.38 bits per heavy atom. The molecule has 1 unspecified atom stereocenters. The molecule has 74 valence electrons. The molecule has 0 heteroatoms. The van der Waals surface area contributed by atoms with Crippen LogP contribution in [0.4, 0.5) is 0 Å². The lowest BCUT2D eigenvalue weighted by molar-refractivity contribution is 0.450. The van der Waals surface area contributed by atoms with Gasteiger partial charge in [0.15, 0.2) is 0 Å². The van der Waals surface area contributed by atoms with Gasteiger partial charge in [-0.05, 0) is 44.8 Å². The van der Waals surface area contributed by atoms with Crippen LogP contribution in [0, 0.1) is 11.8 Å². The lowest BCUT2D eigenvalue weighted by Gasteiger charge is -2.21. The summed E-state index contributed by atoms with van der Waals surface area (Å²) in [5.74, 6) is 1.53. The van der Waals surface area contributed by atoms with E-state index in [9.17, 15) is 0 Å². The average Bonchev–Trinajstić information content (AvgIpc) is 2.30. The van der Waals surface area contributed by atoms with Crippen molar-refractivity contribution in [3.63, 3.8) is 0 Å². The first kappa shape index (κ1) is 10.6. The summed E-state index contributed by atoms with van der Waals surface area (Å²) >= 11 is 0. The van der Waals surface area contributed by atoms with Gasteiger partial charge in [-0.2, -0.15) is 0 Å². The largest absolute Gasteiger partial charge is 0.0651 e. The molecule has 0 spiro atoms. The van der Waals surface area contributed by atoms with E-state index in [-0.39, 0.29) is 0 Å². The molecule has 0 bridgehead atoms. The van der Waals surface area contributed by atoms with Crippen molar-refractivity contribution in [3.8, 4) is 0 Å². The Kier molecular flexibility index (Phi) is 3.00. The van der Waals surface area contributed by atoms with Crippen molar-refractivity contribution >= 4 is 0 Å². The molecular weight excluding hydrogens is 156 g/mol. The fraction of sp³-hybridized carbons (Fsp3) is 0.692. The second kappa shape index (κ2) is 3.69. The van der Waals surface area contributed by atoms with Crippen molar-refractivity contribution < 1.29 is 0 Å². The maximum absolute atomic E-state index is 2.36. The van der Waals surface area contributed by atoms with E-state index in [1.807, 2.05) is 0 Å². The third-order valence-corrected chi connectivity index (χ3v) is 3.89. The minimum Gasteiger partial charge on any atom is -0.0651 e. The Bertz CT molecular complexity index is 242. The zero-order chi connectivity index (χ0) is 10.2. The second-order valence-corrected chi connectivity index (χ2v) is 4.48. The van der Waals surface area contributed by atoms with Crippen LogP contribution in [0.15, 0.2) is 22.3 Å². The van der Waals surface area contributed by atoms with Crippen LogP contribution in [-0.4, -0.2) is 0 Å². The zero-order valence-electron chi connectivity index (χ0n) is 9.86. The fourth-order valence-electron chi connectivity index (χ4n) is 2.47. The van der Waals surface area contributed by atoms with Crippen LogP contribution in [-0.2, 0) is 0 Å².